The fourth-order valence-electron chi connectivity index (χ4n) is 4.95. The van der Waals surface area contributed by atoms with E-state index >= 15 is 0 Å². The van der Waals surface area contributed by atoms with Crippen molar-refractivity contribution in [1.82, 2.24) is 14.7 Å². The zero-order chi connectivity index (χ0) is 26.3. The molecule has 5 rings (SSSR count). The van der Waals surface area contributed by atoms with E-state index in [0.717, 1.165) is 30.5 Å². The maximum atomic E-state index is 14.5. The lowest BCUT2D eigenvalue weighted by Gasteiger charge is -2.34. The Kier molecular flexibility index (Phi) is 6.60. The third kappa shape index (κ3) is 5.43. The van der Waals surface area contributed by atoms with E-state index in [-0.39, 0.29) is 23.6 Å². The average Bonchev–Trinajstić information content (AvgIpc) is 3.60. The summed E-state index contributed by atoms with van der Waals surface area (Å²) in [5.41, 5.74) is 1.98. The molecule has 1 atom stereocenters. The molecule has 1 fully saturated rings. The number of carbonyl (C=O) groups excluding carboxylic acids is 2. The number of nitrogens with zero attached hydrogens (tertiary/aromatic N) is 3. The smallest absolute Gasteiger partial charge is 0.435 e. The predicted octanol–water partition coefficient (Wildman–Crippen LogP) is 6.32. The number of halogens is 2. The molecule has 6 nitrogen and oxygen atoms in total. The minimum absolute atomic E-state index is 0.0176. The Morgan fingerprint density at radius 3 is 2.49 bits per heavy atom. The van der Waals surface area contributed by atoms with Gasteiger partial charge < -0.3 is 9.64 Å². The summed E-state index contributed by atoms with van der Waals surface area (Å²) in [7, 11) is 0. The summed E-state index contributed by atoms with van der Waals surface area (Å²) in [5, 5.41) is 4.43. The van der Waals surface area contributed by atoms with E-state index in [1.54, 1.807) is 36.5 Å². The van der Waals surface area contributed by atoms with Crippen LogP contribution in [0.25, 0.3) is 5.57 Å². The zero-order valence-corrected chi connectivity index (χ0v) is 21.3. The number of fused-ring (bicyclic) bond motifs is 1. The fourth-order valence-corrected chi connectivity index (χ4v) is 4.95. The van der Waals surface area contributed by atoms with E-state index in [0.29, 0.717) is 30.4 Å². The molecule has 1 heterocycles. The van der Waals surface area contributed by atoms with Crippen LogP contribution in [0, 0.1) is 0 Å². The normalized spacial score (nSPS) is 19.7. The summed E-state index contributed by atoms with van der Waals surface area (Å²) in [4.78, 5) is 28.0. The van der Waals surface area contributed by atoms with Crippen molar-refractivity contribution in [2.75, 3.05) is 0 Å². The Morgan fingerprint density at radius 1 is 1.08 bits per heavy atom. The number of amides is 1. The van der Waals surface area contributed by atoms with Crippen LogP contribution in [0.3, 0.4) is 0 Å². The van der Waals surface area contributed by atoms with E-state index in [9.17, 15) is 18.4 Å². The number of hydrogen-bond donors (Lipinski definition) is 0. The molecule has 0 saturated heterocycles. The average molecular weight is 508 g/mol. The molecular weight excluding hydrogens is 476 g/mol. The first kappa shape index (κ1) is 25.1. The van der Waals surface area contributed by atoms with Crippen LogP contribution in [0.2, 0.25) is 0 Å². The number of aromatic nitrogens is 2. The number of rotatable bonds is 4. The van der Waals surface area contributed by atoms with Crippen LogP contribution in [0.4, 0.5) is 13.6 Å². The van der Waals surface area contributed by atoms with Gasteiger partial charge in [-0.3, -0.25) is 4.79 Å². The highest BCUT2D eigenvalue weighted by Gasteiger charge is 2.39. The lowest BCUT2D eigenvalue weighted by Crippen LogP contribution is -2.44. The molecule has 0 N–H and O–H groups in total. The number of benzene rings is 1. The van der Waals surface area contributed by atoms with Gasteiger partial charge in [-0.2, -0.15) is 9.78 Å². The molecule has 1 aromatic heterocycles. The molecule has 0 bridgehead atoms. The molecule has 8 heteroatoms. The molecule has 1 unspecified atom stereocenters. The second-order valence-electron chi connectivity index (χ2n) is 10.9. The first-order chi connectivity index (χ1) is 17.6. The van der Waals surface area contributed by atoms with Crippen molar-refractivity contribution in [1.29, 1.82) is 0 Å². The van der Waals surface area contributed by atoms with Gasteiger partial charge in [0.25, 0.3) is 5.91 Å². The highest BCUT2D eigenvalue weighted by atomic mass is 19.1. The number of hydrogen-bond acceptors (Lipinski definition) is 4. The third-order valence-corrected chi connectivity index (χ3v) is 6.79. The lowest BCUT2D eigenvalue weighted by molar-refractivity contribution is 0.0513. The molecule has 1 aromatic carbocycles. The van der Waals surface area contributed by atoms with Crippen molar-refractivity contribution in [3.63, 3.8) is 0 Å². The lowest BCUT2D eigenvalue weighted by atomic mass is 9.91. The number of allylic oxidation sites excluding steroid dienone is 6. The Balaban J connectivity index is 1.34. The van der Waals surface area contributed by atoms with Crippen LogP contribution in [0.15, 0.2) is 60.3 Å². The van der Waals surface area contributed by atoms with Crippen molar-refractivity contribution in [3.8, 4) is 0 Å². The second-order valence-corrected chi connectivity index (χ2v) is 10.9. The Labute approximate surface area is 215 Å². The van der Waals surface area contributed by atoms with Crippen LogP contribution in [-0.4, -0.2) is 44.4 Å². The predicted molar refractivity (Wildman–Crippen MR) is 136 cm³/mol. The molecule has 0 radical (unpaired) electrons. The standard InChI is InChI=1S/C29H31F2N3O3/c1-29(2,3)37-28(36)33-17-20-16-22(14-15-25(20)32-33)34(21-12-13-21)27(35)19-10-8-18(9-11-19)26-23(30)6-4-5-7-24(26)31/h4,6-11,17,21-22H,5,12-16H2,1-3H3. The molecule has 0 spiro atoms. The van der Waals surface area contributed by atoms with Gasteiger partial charge >= 0.3 is 6.09 Å². The van der Waals surface area contributed by atoms with E-state index in [1.807, 2.05) is 25.7 Å². The van der Waals surface area contributed by atoms with Gasteiger partial charge in [0.2, 0.25) is 0 Å². The Morgan fingerprint density at radius 2 is 1.81 bits per heavy atom. The third-order valence-electron chi connectivity index (χ3n) is 6.79. The second kappa shape index (κ2) is 9.72. The van der Waals surface area contributed by atoms with Crippen LogP contribution < -0.4 is 0 Å². The topological polar surface area (TPSA) is 64.4 Å². The van der Waals surface area contributed by atoms with Gasteiger partial charge in [-0.15, -0.1) is 0 Å². The molecule has 3 aliphatic carbocycles. The minimum atomic E-state index is -0.630. The molecular formula is C29H31F2N3O3. The molecule has 194 valence electrons. The Bertz CT molecular complexity index is 1310. The van der Waals surface area contributed by atoms with Gasteiger partial charge in [-0.1, -0.05) is 18.2 Å². The minimum Gasteiger partial charge on any atom is -0.442 e. The molecule has 0 aliphatic heterocycles. The summed E-state index contributed by atoms with van der Waals surface area (Å²) in [5.74, 6) is -1.32. The number of ether oxygens (including phenoxy) is 1. The van der Waals surface area contributed by atoms with Gasteiger partial charge in [0.1, 0.15) is 17.3 Å². The quantitative estimate of drug-likeness (QED) is 0.486. The SMILES string of the molecule is CC(C)(C)OC(=O)n1cc2c(n1)CCC(N(C(=O)c1ccc(C3=C(F)C=CCC=C3F)cc1)C1CC1)C2. The van der Waals surface area contributed by atoms with E-state index < -0.39 is 23.3 Å². The summed E-state index contributed by atoms with van der Waals surface area (Å²) in [6, 6.07) is 6.64. The first-order valence-corrected chi connectivity index (χ1v) is 12.8. The summed E-state index contributed by atoms with van der Waals surface area (Å²) in [6.07, 6.45) is 9.63. The van der Waals surface area contributed by atoms with Crippen LogP contribution in [0.1, 0.15) is 73.6 Å². The highest BCUT2D eigenvalue weighted by molar-refractivity contribution is 5.95. The van der Waals surface area contributed by atoms with Crippen LogP contribution >= 0.6 is 0 Å². The molecule has 1 saturated carbocycles. The monoisotopic (exact) mass is 507 g/mol. The summed E-state index contributed by atoms with van der Waals surface area (Å²) >= 11 is 0. The van der Waals surface area contributed by atoms with E-state index in [2.05, 4.69) is 5.10 Å². The molecule has 1 amide bonds. The zero-order valence-electron chi connectivity index (χ0n) is 21.3. The van der Waals surface area contributed by atoms with Gasteiger partial charge in [0, 0.05) is 23.8 Å². The summed E-state index contributed by atoms with van der Waals surface area (Å²) in [6.45, 7) is 5.43. The summed E-state index contributed by atoms with van der Waals surface area (Å²) < 4.78 is 35.6. The van der Waals surface area contributed by atoms with Crippen LogP contribution in [0.5, 0.6) is 0 Å². The van der Waals surface area contributed by atoms with Gasteiger partial charge in [0.15, 0.2) is 0 Å². The van der Waals surface area contributed by atoms with Crippen molar-refractivity contribution in [3.05, 3.63) is 82.7 Å². The first-order valence-electron chi connectivity index (χ1n) is 12.8. The highest BCUT2D eigenvalue weighted by Crippen LogP contribution is 2.36. The van der Waals surface area contributed by atoms with E-state index in [1.165, 1.54) is 16.8 Å². The van der Waals surface area contributed by atoms with E-state index in [4.69, 9.17) is 4.74 Å². The molecule has 2 aromatic rings. The number of aryl methyl sites for hydroxylation is 1. The molecule has 3 aliphatic rings. The number of carbonyl (C=O) groups is 2. The maximum Gasteiger partial charge on any atom is 0.435 e. The van der Waals surface area contributed by atoms with Crippen LogP contribution in [-0.2, 0) is 17.6 Å². The van der Waals surface area contributed by atoms with Crippen molar-refractivity contribution < 1.29 is 23.1 Å². The largest absolute Gasteiger partial charge is 0.442 e. The van der Waals surface area contributed by atoms with Gasteiger partial charge in [0.05, 0.1) is 11.3 Å². The van der Waals surface area contributed by atoms with Crippen molar-refractivity contribution >= 4 is 17.6 Å². The van der Waals surface area contributed by atoms with Crippen molar-refractivity contribution in [2.45, 2.75) is 77.0 Å². The molecule has 37 heavy (non-hydrogen) atoms. The van der Waals surface area contributed by atoms with Gasteiger partial charge in [-0.05, 0) is 94.7 Å². The fraction of sp³-hybridized carbons (Fsp3) is 0.414. The maximum absolute atomic E-state index is 14.5. The van der Waals surface area contributed by atoms with Crippen molar-refractivity contribution in [2.24, 2.45) is 0 Å². The Hall–Kier alpha value is -3.55. The van der Waals surface area contributed by atoms with Gasteiger partial charge in [-0.25, -0.2) is 13.6 Å².